The summed E-state index contributed by atoms with van der Waals surface area (Å²) < 4.78 is 0. The number of aryl methyl sites for hydroxylation is 1. The fourth-order valence-corrected chi connectivity index (χ4v) is 1.26. The van der Waals surface area contributed by atoms with E-state index in [0.29, 0.717) is 6.42 Å². The van der Waals surface area contributed by atoms with Crippen molar-refractivity contribution in [2.24, 2.45) is 10.9 Å². The van der Waals surface area contributed by atoms with E-state index in [9.17, 15) is 0 Å². The highest BCUT2D eigenvalue weighted by molar-refractivity contribution is 5.80. The predicted molar refractivity (Wildman–Crippen MR) is 62.5 cm³/mol. The molecule has 3 N–H and O–H groups in total. The van der Waals surface area contributed by atoms with E-state index in [4.69, 9.17) is 10.9 Å². The van der Waals surface area contributed by atoms with Crippen LogP contribution in [0.1, 0.15) is 12.0 Å². The second-order valence-corrected chi connectivity index (χ2v) is 3.60. The first-order valence-corrected chi connectivity index (χ1v) is 4.87. The Kier molecular flexibility index (Phi) is 3.97. The maximum atomic E-state index is 8.40. The Morgan fingerprint density at radius 3 is 2.53 bits per heavy atom. The molecule has 0 spiro atoms. The fourth-order valence-electron chi connectivity index (χ4n) is 1.26. The summed E-state index contributed by atoms with van der Waals surface area (Å²) in [4.78, 5) is 2.07. The lowest BCUT2D eigenvalue weighted by Gasteiger charge is -2.18. The van der Waals surface area contributed by atoms with E-state index in [-0.39, 0.29) is 5.84 Å². The highest BCUT2D eigenvalue weighted by atomic mass is 16.4. The van der Waals surface area contributed by atoms with Gasteiger partial charge in [0, 0.05) is 25.7 Å². The summed E-state index contributed by atoms with van der Waals surface area (Å²) in [5.41, 5.74) is 7.77. The molecule has 1 aromatic carbocycles. The monoisotopic (exact) mass is 207 g/mol. The summed E-state index contributed by atoms with van der Waals surface area (Å²) in [6.45, 7) is 2.79. The summed E-state index contributed by atoms with van der Waals surface area (Å²) >= 11 is 0. The molecular weight excluding hydrogens is 190 g/mol. The van der Waals surface area contributed by atoms with Crippen LogP contribution in [0.4, 0.5) is 5.69 Å². The minimum atomic E-state index is 0.258. The van der Waals surface area contributed by atoms with Crippen molar-refractivity contribution in [2.75, 3.05) is 18.5 Å². The van der Waals surface area contributed by atoms with E-state index in [1.165, 1.54) is 5.56 Å². The lowest BCUT2D eigenvalue weighted by molar-refractivity contribution is 0.317. The summed E-state index contributed by atoms with van der Waals surface area (Å²) in [6, 6.07) is 8.24. The standard InChI is InChI=1S/C11H17N3O/c1-9-3-5-10(6-4-9)14(2)8-7-11(12)13-15/h3-6,15H,7-8H2,1-2H3,(H2,12,13). The molecule has 4 heteroatoms. The van der Waals surface area contributed by atoms with Crippen LogP contribution in [0.25, 0.3) is 0 Å². The van der Waals surface area contributed by atoms with Crippen molar-refractivity contribution in [1.82, 2.24) is 0 Å². The number of oxime groups is 1. The molecule has 15 heavy (non-hydrogen) atoms. The Hall–Kier alpha value is -1.71. The molecule has 82 valence electrons. The molecule has 0 fully saturated rings. The van der Waals surface area contributed by atoms with Crippen molar-refractivity contribution in [1.29, 1.82) is 0 Å². The third kappa shape index (κ3) is 3.50. The number of anilines is 1. The Balaban J connectivity index is 2.53. The smallest absolute Gasteiger partial charge is 0.140 e. The second-order valence-electron chi connectivity index (χ2n) is 3.60. The zero-order valence-corrected chi connectivity index (χ0v) is 9.14. The molecule has 0 aliphatic heterocycles. The van der Waals surface area contributed by atoms with Crippen molar-refractivity contribution < 1.29 is 5.21 Å². The van der Waals surface area contributed by atoms with Gasteiger partial charge in [0.05, 0.1) is 0 Å². The lowest BCUT2D eigenvalue weighted by atomic mass is 10.2. The summed E-state index contributed by atoms with van der Waals surface area (Å²) in [6.07, 6.45) is 0.556. The van der Waals surface area contributed by atoms with E-state index in [1.54, 1.807) is 0 Å². The molecule has 0 saturated carbocycles. The van der Waals surface area contributed by atoms with Crippen LogP contribution in [-0.2, 0) is 0 Å². The van der Waals surface area contributed by atoms with E-state index in [1.807, 2.05) is 7.05 Å². The first-order chi connectivity index (χ1) is 7.13. The van der Waals surface area contributed by atoms with Crippen LogP contribution in [-0.4, -0.2) is 24.6 Å². The average Bonchev–Trinajstić information content (AvgIpc) is 2.26. The number of amidine groups is 1. The van der Waals surface area contributed by atoms with E-state index in [0.717, 1.165) is 12.2 Å². The Bertz CT molecular complexity index is 332. The molecule has 0 aliphatic carbocycles. The Labute approximate surface area is 90.0 Å². The van der Waals surface area contributed by atoms with Crippen molar-refractivity contribution in [3.63, 3.8) is 0 Å². The van der Waals surface area contributed by atoms with E-state index < -0.39 is 0 Å². The maximum Gasteiger partial charge on any atom is 0.140 e. The maximum absolute atomic E-state index is 8.40. The number of hydrogen-bond donors (Lipinski definition) is 2. The van der Waals surface area contributed by atoms with Gasteiger partial charge in [0.1, 0.15) is 5.84 Å². The molecule has 0 atom stereocenters. The number of nitrogens with two attached hydrogens (primary N) is 1. The number of nitrogens with zero attached hydrogens (tertiary/aromatic N) is 2. The van der Waals surface area contributed by atoms with Gasteiger partial charge in [-0.3, -0.25) is 0 Å². The van der Waals surface area contributed by atoms with Gasteiger partial charge in [-0.15, -0.1) is 0 Å². The molecule has 0 radical (unpaired) electrons. The molecule has 0 unspecified atom stereocenters. The molecule has 0 saturated heterocycles. The van der Waals surface area contributed by atoms with E-state index in [2.05, 4.69) is 41.2 Å². The molecule has 1 rings (SSSR count). The van der Waals surface area contributed by atoms with Crippen LogP contribution in [0.15, 0.2) is 29.4 Å². The summed E-state index contributed by atoms with van der Waals surface area (Å²) in [5, 5.41) is 11.3. The first kappa shape index (κ1) is 11.4. The van der Waals surface area contributed by atoms with Gasteiger partial charge in [0.15, 0.2) is 0 Å². The van der Waals surface area contributed by atoms with Crippen molar-refractivity contribution in [3.8, 4) is 0 Å². The summed E-state index contributed by atoms with van der Waals surface area (Å²) in [5.74, 6) is 0.258. The van der Waals surface area contributed by atoms with Crippen LogP contribution in [0, 0.1) is 6.92 Å². The first-order valence-electron chi connectivity index (χ1n) is 4.87. The van der Waals surface area contributed by atoms with Crippen LogP contribution in [0.3, 0.4) is 0 Å². The molecule has 0 amide bonds. The topological polar surface area (TPSA) is 61.8 Å². The van der Waals surface area contributed by atoms with Gasteiger partial charge in [-0.05, 0) is 19.1 Å². The largest absolute Gasteiger partial charge is 0.409 e. The predicted octanol–water partition coefficient (Wildman–Crippen LogP) is 1.57. The van der Waals surface area contributed by atoms with Crippen LogP contribution >= 0.6 is 0 Å². The zero-order chi connectivity index (χ0) is 11.3. The van der Waals surface area contributed by atoms with Gasteiger partial charge >= 0.3 is 0 Å². The molecular formula is C11H17N3O. The van der Waals surface area contributed by atoms with Gasteiger partial charge in [0.25, 0.3) is 0 Å². The molecule has 0 aliphatic rings. The van der Waals surface area contributed by atoms with Crippen molar-refractivity contribution in [3.05, 3.63) is 29.8 Å². The lowest BCUT2D eigenvalue weighted by Crippen LogP contribution is -2.24. The second kappa shape index (κ2) is 5.24. The van der Waals surface area contributed by atoms with Gasteiger partial charge in [0.2, 0.25) is 0 Å². The number of hydrogen-bond acceptors (Lipinski definition) is 3. The molecule has 4 nitrogen and oxygen atoms in total. The third-order valence-corrected chi connectivity index (χ3v) is 2.31. The number of rotatable bonds is 4. The highest BCUT2D eigenvalue weighted by Crippen LogP contribution is 2.13. The highest BCUT2D eigenvalue weighted by Gasteiger charge is 2.01. The van der Waals surface area contributed by atoms with Gasteiger partial charge in [-0.1, -0.05) is 22.9 Å². The molecule has 0 bridgehead atoms. The van der Waals surface area contributed by atoms with Crippen LogP contribution < -0.4 is 10.6 Å². The molecule has 0 heterocycles. The van der Waals surface area contributed by atoms with E-state index >= 15 is 0 Å². The van der Waals surface area contributed by atoms with Gasteiger partial charge in [-0.25, -0.2) is 0 Å². The minimum absolute atomic E-state index is 0.258. The molecule has 0 aromatic heterocycles. The van der Waals surface area contributed by atoms with Crippen molar-refractivity contribution in [2.45, 2.75) is 13.3 Å². The number of benzene rings is 1. The normalized spacial score (nSPS) is 11.5. The van der Waals surface area contributed by atoms with Crippen LogP contribution in [0.2, 0.25) is 0 Å². The zero-order valence-electron chi connectivity index (χ0n) is 9.14. The Morgan fingerprint density at radius 2 is 2.00 bits per heavy atom. The van der Waals surface area contributed by atoms with Crippen molar-refractivity contribution >= 4 is 11.5 Å². The van der Waals surface area contributed by atoms with Crippen LogP contribution in [0.5, 0.6) is 0 Å². The SMILES string of the molecule is Cc1ccc(N(C)CCC(N)=NO)cc1. The van der Waals surface area contributed by atoms with Gasteiger partial charge in [-0.2, -0.15) is 0 Å². The third-order valence-electron chi connectivity index (χ3n) is 2.31. The van der Waals surface area contributed by atoms with Gasteiger partial charge < -0.3 is 15.8 Å². The quantitative estimate of drug-likeness (QED) is 0.341. The minimum Gasteiger partial charge on any atom is -0.409 e. The summed E-state index contributed by atoms with van der Waals surface area (Å²) in [7, 11) is 1.98. The molecule has 1 aromatic rings. The fraction of sp³-hybridized carbons (Fsp3) is 0.364. The average molecular weight is 207 g/mol. The Morgan fingerprint density at radius 1 is 1.40 bits per heavy atom.